The fraction of sp³-hybridized carbons (Fsp3) is 0.318. The van der Waals surface area contributed by atoms with Crippen molar-refractivity contribution in [3.63, 3.8) is 0 Å². The Kier molecular flexibility index (Phi) is 4.14. The van der Waals surface area contributed by atoms with Crippen molar-refractivity contribution in [2.45, 2.75) is 31.7 Å². The third-order valence-corrected chi connectivity index (χ3v) is 6.25. The summed E-state index contributed by atoms with van der Waals surface area (Å²) in [6.45, 7) is 0. The van der Waals surface area contributed by atoms with Crippen molar-refractivity contribution in [3.05, 3.63) is 53.5 Å². The molecule has 1 fully saturated rings. The van der Waals surface area contributed by atoms with Gasteiger partial charge in [0.05, 0.1) is 29.1 Å². The first-order valence-corrected chi connectivity index (χ1v) is 10.8. The van der Waals surface area contributed by atoms with Gasteiger partial charge in [-0.1, -0.05) is 12.8 Å². The Hall–Kier alpha value is -3.95. The molecule has 10 heteroatoms. The van der Waals surface area contributed by atoms with Crippen molar-refractivity contribution >= 4 is 28.3 Å². The molecular formula is C22H23N9O. The topological polar surface area (TPSA) is 99.9 Å². The lowest BCUT2D eigenvalue weighted by atomic mass is 10.2. The number of nitrogens with one attached hydrogen (secondary N) is 1. The van der Waals surface area contributed by atoms with Crippen LogP contribution in [0.25, 0.3) is 27.9 Å². The molecule has 1 aliphatic rings. The number of hydrogen-bond donors (Lipinski definition) is 1. The summed E-state index contributed by atoms with van der Waals surface area (Å²) in [5.41, 5.74) is 4.24. The average Bonchev–Trinajstić information content (AvgIpc) is 3.56. The van der Waals surface area contributed by atoms with Crippen LogP contribution in [0.1, 0.15) is 31.7 Å². The quantitative estimate of drug-likeness (QED) is 0.471. The van der Waals surface area contributed by atoms with E-state index in [4.69, 9.17) is 0 Å². The Labute approximate surface area is 183 Å². The maximum absolute atomic E-state index is 12.9. The highest BCUT2D eigenvalue weighted by Crippen LogP contribution is 2.31. The molecule has 0 unspecified atom stereocenters. The molecule has 0 amide bonds. The van der Waals surface area contributed by atoms with E-state index in [1.807, 2.05) is 42.2 Å². The molecule has 10 nitrogen and oxygen atoms in total. The zero-order chi connectivity index (χ0) is 21.8. The van der Waals surface area contributed by atoms with E-state index in [2.05, 4.69) is 25.5 Å². The first-order chi connectivity index (χ1) is 15.6. The second-order valence-corrected chi connectivity index (χ2v) is 8.38. The van der Waals surface area contributed by atoms with Gasteiger partial charge in [0, 0.05) is 50.2 Å². The van der Waals surface area contributed by atoms with Gasteiger partial charge in [-0.2, -0.15) is 10.2 Å². The van der Waals surface area contributed by atoms with Gasteiger partial charge in [-0.15, -0.1) is 0 Å². The zero-order valence-electron chi connectivity index (χ0n) is 17.9. The van der Waals surface area contributed by atoms with Gasteiger partial charge in [0.25, 0.3) is 0 Å². The van der Waals surface area contributed by atoms with E-state index >= 15 is 0 Å². The van der Waals surface area contributed by atoms with Crippen LogP contribution in [0.15, 0.2) is 47.8 Å². The third kappa shape index (κ3) is 2.98. The van der Waals surface area contributed by atoms with E-state index in [1.54, 1.807) is 33.2 Å². The molecule has 5 aromatic heterocycles. The van der Waals surface area contributed by atoms with Crippen LogP contribution >= 0.6 is 0 Å². The Morgan fingerprint density at radius 1 is 1.06 bits per heavy atom. The lowest BCUT2D eigenvalue weighted by Gasteiger charge is -2.12. The Balaban J connectivity index is 1.35. The summed E-state index contributed by atoms with van der Waals surface area (Å²) in [4.78, 5) is 22.1. The molecule has 0 aromatic carbocycles. The normalized spacial score (nSPS) is 14.7. The van der Waals surface area contributed by atoms with Crippen molar-refractivity contribution in [1.82, 2.24) is 38.5 Å². The molecule has 0 radical (unpaired) electrons. The van der Waals surface area contributed by atoms with Crippen molar-refractivity contribution in [2.24, 2.45) is 14.1 Å². The summed E-state index contributed by atoms with van der Waals surface area (Å²) in [6, 6.07) is 5.98. The maximum Gasteiger partial charge on any atom is 0.329 e. The van der Waals surface area contributed by atoms with Crippen LogP contribution in [0.5, 0.6) is 0 Å². The summed E-state index contributed by atoms with van der Waals surface area (Å²) in [5.74, 6) is 1.31. The lowest BCUT2D eigenvalue weighted by molar-refractivity contribution is 0.509. The van der Waals surface area contributed by atoms with Crippen molar-refractivity contribution < 1.29 is 0 Å². The van der Waals surface area contributed by atoms with Gasteiger partial charge in [-0.3, -0.25) is 13.8 Å². The first kappa shape index (κ1) is 18.8. The number of aryl methyl sites for hydroxylation is 2. The van der Waals surface area contributed by atoms with Gasteiger partial charge in [-0.05, 0) is 18.9 Å². The first-order valence-electron chi connectivity index (χ1n) is 10.8. The number of pyridine rings is 1. The predicted octanol–water partition coefficient (Wildman–Crippen LogP) is 3.04. The monoisotopic (exact) mass is 429 g/mol. The molecule has 162 valence electrons. The van der Waals surface area contributed by atoms with E-state index in [1.165, 1.54) is 12.8 Å². The van der Waals surface area contributed by atoms with Crippen LogP contribution in [-0.2, 0) is 14.1 Å². The second kappa shape index (κ2) is 7.04. The minimum absolute atomic E-state index is 0.0209. The van der Waals surface area contributed by atoms with E-state index in [0.717, 1.165) is 40.8 Å². The number of anilines is 2. The minimum Gasteiger partial charge on any atom is -0.325 e. The van der Waals surface area contributed by atoms with Crippen LogP contribution in [-0.4, -0.2) is 38.5 Å². The van der Waals surface area contributed by atoms with Crippen LogP contribution in [0.4, 0.5) is 11.6 Å². The van der Waals surface area contributed by atoms with Gasteiger partial charge in [0.1, 0.15) is 11.6 Å². The molecule has 1 N–H and O–H groups in total. The third-order valence-electron chi connectivity index (χ3n) is 6.25. The van der Waals surface area contributed by atoms with Crippen molar-refractivity contribution in [2.75, 3.05) is 5.32 Å². The largest absolute Gasteiger partial charge is 0.329 e. The zero-order valence-corrected chi connectivity index (χ0v) is 17.9. The highest BCUT2D eigenvalue weighted by atomic mass is 16.1. The van der Waals surface area contributed by atoms with Gasteiger partial charge in [-0.25, -0.2) is 19.3 Å². The summed E-state index contributed by atoms with van der Waals surface area (Å²) < 4.78 is 7.10. The van der Waals surface area contributed by atoms with Gasteiger partial charge in [0.2, 0.25) is 0 Å². The van der Waals surface area contributed by atoms with E-state index in [0.29, 0.717) is 11.6 Å². The molecule has 0 atom stereocenters. The molecule has 1 saturated carbocycles. The smallest absolute Gasteiger partial charge is 0.325 e. The molecule has 6 rings (SSSR count). The fourth-order valence-corrected chi connectivity index (χ4v) is 4.62. The van der Waals surface area contributed by atoms with Crippen molar-refractivity contribution in [3.8, 4) is 11.3 Å². The van der Waals surface area contributed by atoms with E-state index in [-0.39, 0.29) is 11.7 Å². The molecule has 0 bridgehead atoms. The number of hydrogen-bond acceptors (Lipinski definition) is 6. The maximum atomic E-state index is 12.9. The summed E-state index contributed by atoms with van der Waals surface area (Å²) >= 11 is 0. The van der Waals surface area contributed by atoms with Gasteiger partial charge < -0.3 is 5.32 Å². The molecule has 0 saturated heterocycles. The molecular weight excluding hydrogens is 406 g/mol. The SMILES string of the molecule is Cn1cc(-c2cc3nc(Nc4cc5c(cn4)n(C)c(=O)n5C4CCCC4)ccn3n2)cn1. The number of nitrogens with zero attached hydrogens (tertiary/aromatic N) is 8. The summed E-state index contributed by atoms with van der Waals surface area (Å²) in [6.07, 6.45) is 11.7. The second-order valence-electron chi connectivity index (χ2n) is 8.38. The number of imidazole rings is 1. The van der Waals surface area contributed by atoms with Crippen molar-refractivity contribution in [1.29, 1.82) is 0 Å². The summed E-state index contributed by atoms with van der Waals surface area (Å²) in [5, 5.41) is 12.1. The molecule has 5 heterocycles. The predicted molar refractivity (Wildman–Crippen MR) is 121 cm³/mol. The number of rotatable bonds is 4. The van der Waals surface area contributed by atoms with Crippen LogP contribution in [0, 0.1) is 0 Å². The molecule has 1 aliphatic carbocycles. The molecule has 5 aromatic rings. The lowest BCUT2D eigenvalue weighted by Crippen LogP contribution is -2.24. The van der Waals surface area contributed by atoms with Crippen LogP contribution in [0.2, 0.25) is 0 Å². The minimum atomic E-state index is 0.0209. The van der Waals surface area contributed by atoms with Crippen LogP contribution in [0.3, 0.4) is 0 Å². The average molecular weight is 429 g/mol. The highest BCUT2D eigenvalue weighted by molar-refractivity contribution is 5.79. The molecule has 0 spiro atoms. The molecule has 32 heavy (non-hydrogen) atoms. The van der Waals surface area contributed by atoms with Gasteiger partial charge in [0.15, 0.2) is 5.65 Å². The van der Waals surface area contributed by atoms with Gasteiger partial charge >= 0.3 is 5.69 Å². The Morgan fingerprint density at radius 3 is 2.69 bits per heavy atom. The van der Waals surface area contributed by atoms with E-state index in [9.17, 15) is 4.79 Å². The fourth-order valence-electron chi connectivity index (χ4n) is 4.62. The van der Waals surface area contributed by atoms with Crippen LogP contribution < -0.4 is 11.0 Å². The highest BCUT2D eigenvalue weighted by Gasteiger charge is 2.23. The Morgan fingerprint density at radius 2 is 1.91 bits per heavy atom. The number of aromatic nitrogens is 8. The van der Waals surface area contributed by atoms with E-state index < -0.39 is 0 Å². The number of fused-ring (bicyclic) bond motifs is 2. The molecule has 0 aliphatic heterocycles. The summed E-state index contributed by atoms with van der Waals surface area (Å²) in [7, 11) is 3.68. The standard InChI is InChI=1S/C22H23N9O/c1-28-13-14(11-24-28)16-9-21-26-19(7-8-30(21)27-16)25-20-10-17-18(12-23-20)29(2)22(32)31(17)15-5-3-4-6-15/h7-13,15H,3-6H2,1-2H3,(H,23,25,26). The Bertz CT molecular complexity index is 1510.